The first-order valence-electron chi connectivity index (χ1n) is 22.7. The molecular formula is C44H67N11O12S. The molecular weight excluding hydrogens is 907 g/mol. The number of aromatic hydroxyl groups is 1. The van der Waals surface area contributed by atoms with E-state index in [0.717, 1.165) is 0 Å². The van der Waals surface area contributed by atoms with E-state index < -0.39 is 133 Å². The van der Waals surface area contributed by atoms with E-state index in [0.29, 0.717) is 18.4 Å². The SMILES string of the molecule is CC[C@H](C)[C@@H]1NC(=O)C(Cc2ccc(O)cc2)NC(=O)CCSCCC(C(=O)N2CCC[C@H]2C(=O)N[C@@H](CC(C)C)C(=O)NCC(N)=O)NC(=O)[C@H](CC(N)=O)NC(=O)C(CCC(N)=O)NC1=O. The van der Waals surface area contributed by atoms with Crippen LogP contribution < -0.4 is 54.4 Å². The summed E-state index contributed by atoms with van der Waals surface area (Å²) in [6.07, 6.45) is -0.651. The molecule has 1 aromatic carbocycles. The zero-order valence-corrected chi connectivity index (χ0v) is 39.7. The van der Waals surface area contributed by atoms with Gasteiger partial charge in [-0.25, -0.2) is 0 Å². The summed E-state index contributed by atoms with van der Waals surface area (Å²) in [5, 5.41) is 27.9. The number of phenols is 1. The molecule has 2 saturated heterocycles. The maximum absolute atomic E-state index is 14.5. The minimum Gasteiger partial charge on any atom is -0.508 e. The van der Waals surface area contributed by atoms with Crippen molar-refractivity contribution in [3.63, 3.8) is 0 Å². The number of benzene rings is 1. The maximum Gasteiger partial charge on any atom is 0.245 e. The molecule has 0 radical (unpaired) electrons. The van der Waals surface area contributed by atoms with Gasteiger partial charge in [0.1, 0.15) is 48.0 Å². The highest BCUT2D eigenvalue weighted by Gasteiger charge is 2.40. The Hall–Kier alpha value is -6.46. The monoisotopic (exact) mass is 973 g/mol. The summed E-state index contributed by atoms with van der Waals surface area (Å²) < 4.78 is 0. The Balaban J connectivity index is 2.02. The second-order valence-corrected chi connectivity index (χ2v) is 18.7. The van der Waals surface area contributed by atoms with Crippen molar-refractivity contribution in [2.75, 3.05) is 24.6 Å². The van der Waals surface area contributed by atoms with E-state index in [1.165, 1.54) is 28.8 Å². The second-order valence-electron chi connectivity index (χ2n) is 17.4. The minimum atomic E-state index is -1.72. The van der Waals surface area contributed by atoms with Crippen LogP contribution in [0.25, 0.3) is 0 Å². The summed E-state index contributed by atoms with van der Waals surface area (Å²) in [5.41, 5.74) is 16.7. The molecule has 0 aromatic heterocycles. The van der Waals surface area contributed by atoms with Gasteiger partial charge in [0, 0.05) is 31.6 Å². The van der Waals surface area contributed by atoms with Gasteiger partial charge in [-0.1, -0.05) is 46.2 Å². The Morgan fingerprint density at radius 3 is 2.06 bits per heavy atom. The van der Waals surface area contributed by atoms with Crippen LogP contribution >= 0.6 is 11.8 Å². The Labute approximate surface area is 399 Å². The highest BCUT2D eigenvalue weighted by atomic mass is 32.2. The number of hydrogen-bond donors (Lipinski definition) is 11. The molecule has 23 nitrogen and oxygen atoms in total. The van der Waals surface area contributed by atoms with Crippen LogP contribution in [-0.4, -0.2) is 142 Å². The molecule has 2 aliphatic rings. The van der Waals surface area contributed by atoms with Gasteiger partial charge in [-0.05, 0) is 67.4 Å². The Morgan fingerprint density at radius 1 is 0.794 bits per heavy atom. The lowest BCUT2D eigenvalue weighted by atomic mass is 9.96. The van der Waals surface area contributed by atoms with Crippen molar-refractivity contribution >= 4 is 76.7 Å². The van der Waals surface area contributed by atoms with Crippen LogP contribution in [0.3, 0.4) is 0 Å². The van der Waals surface area contributed by atoms with E-state index in [1.807, 2.05) is 13.8 Å². The van der Waals surface area contributed by atoms with Gasteiger partial charge in [0.2, 0.25) is 65.0 Å². The number of nitrogens with zero attached hydrogens (tertiary/aromatic N) is 1. The smallest absolute Gasteiger partial charge is 0.245 e. The summed E-state index contributed by atoms with van der Waals surface area (Å²) in [7, 11) is 0. The molecule has 2 heterocycles. The number of thioether (sulfide) groups is 1. The summed E-state index contributed by atoms with van der Waals surface area (Å²) in [5.74, 6) is -9.14. The number of nitrogens with one attached hydrogen (secondary N) is 7. The number of nitrogens with two attached hydrogens (primary N) is 3. The minimum absolute atomic E-state index is 0.0232. The predicted molar refractivity (Wildman–Crippen MR) is 248 cm³/mol. The van der Waals surface area contributed by atoms with E-state index >= 15 is 0 Å². The molecule has 2 aliphatic heterocycles. The van der Waals surface area contributed by atoms with Gasteiger partial charge in [0.25, 0.3) is 0 Å². The zero-order valence-electron chi connectivity index (χ0n) is 38.9. The van der Waals surface area contributed by atoms with Crippen LogP contribution in [0.5, 0.6) is 5.75 Å². The summed E-state index contributed by atoms with van der Waals surface area (Å²) >= 11 is 1.23. The number of hydrogen-bond acceptors (Lipinski definition) is 13. The standard InChI is InChI=1S/C44H67N11O12S/c1-5-24(4)37-43(66)50-27(12-13-33(45)57)39(62)52-31(21-34(46)58)40(63)51-28(14-17-68-18-15-36(60)49-30(41(64)54-37)20-25-8-10-26(56)11-9-25)44(67)55-16-6-7-32(55)42(65)53-29(19-23(2)3)38(61)48-22-35(47)59/h8-11,23-24,27-32,37,56H,5-7,12-22H2,1-4H3,(H2,45,57)(H2,46,58)(H2,47,59)(H,48,61)(H,49,60)(H,50,66)(H,51,63)(H,52,62)(H,53,65)(H,54,64)/t24-,27?,28?,29-,30?,31-,32-,37-/m0/s1. The van der Waals surface area contributed by atoms with Crippen LogP contribution in [-0.2, 0) is 59.2 Å². The third-order valence-corrected chi connectivity index (χ3v) is 12.4. The lowest BCUT2D eigenvalue weighted by Gasteiger charge is -2.31. The van der Waals surface area contributed by atoms with Crippen molar-refractivity contribution < 1.29 is 57.8 Å². The first-order chi connectivity index (χ1) is 32.1. The molecule has 2 fully saturated rings. The molecule has 24 heteroatoms. The molecule has 0 bridgehead atoms. The van der Waals surface area contributed by atoms with E-state index in [4.69, 9.17) is 17.2 Å². The Bertz CT molecular complexity index is 2010. The highest BCUT2D eigenvalue weighted by Crippen LogP contribution is 2.22. The number of amides is 11. The molecule has 1 aromatic rings. The normalized spacial score (nSPS) is 23.4. The third-order valence-electron chi connectivity index (χ3n) is 11.4. The number of rotatable bonds is 17. The lowest BCUT2D eigenvalue weighted by molar-refractivity contribution is -0.142. The summed E-state index contributed by atoms with van der Waals surface area (Å²) in [6.45, 7) is 6.70. The molecule has 3 unspecified atom stereocenters. The number of carbonyl (C=O) groups excluding carboxylic acids is 11. The van der Waals surface area contributed by atoms with Gasteiger partial charge >= 0.3 is 0 Å². The van der Waals surface area contributed by atoms with Gasteiger partial charge in [-0.15, -0.1) is 0 Å². The topological polar surface area (TPSA) is 374 Å². The Kier molecular flexibility index (Phi) is 22.5. The maximum atomic E-state index is 14.5. The van der Waals surface area contributed by atoms with Crippen LogP contribution in [0.15, 0.2) is 24.3 Å². The molecule has 0 spiro atoms. The van der Waals surface area contributed by atoms with E-state index in [-0.39, 0.29) is 68.2 Å². The average molecular weight is 974 g/mol. The zero-order chi connectivity index (χ0) is 50.7. The van der Waals surface area contributed by atoms with Crippen molar-refractivity contribution in [2.45, 2.75) is 134 Å². The highest BCUT2D eigenvalue weighted by molar-refractivity contribution is 7.99. The first-order valence-corrected chi connectivity index (χ1v) is 23.8. The van der Waals surface area contributed by atoms with Gasteiger partial charge in [-0.2, -0.15) is 11.8 Å². The van der Waals surface area contributed by atoms with Gasteiger partial charge < -0.3 is 64.4 Å². The van der Waals surface area contributed by atoms with Crippen LogP contribution in [0.1, 0.15) is 91.0 Å². The van der Waals surface area contributed by atoms with E-state index in [1.54, 1.807) is 26.0 Å². The molecule has 3 rings (SSSR count). The fourth-order valence-electron chi connectivity index (χ4n) is 7.57. The molecule has 11 amide bonds. The number of primary amides is 3. The van der Waals surface area contributed by atoms with Crippen LogP contribution in [0.2, 0.25) is 0 Å². The lowest BCUT2D eigenvalue weighted by Crippen LogP contribution is -2.61. The van der Waals surface area contributed by atoms with Crippen molar-refractivity contribution in [1.82, 2.24) is 42.1 Å². The van der Waals surface area contributed by atoms with Crippen LogP contribution in [0, 0.1) is 11.8 Å². The second kappa shape index (κ2) is 27.4. The van der Waals surface area contributed by atoms with Gasteiger partial charge in [0.15, 0.2) is 0 Å². The molecule has 0 aliphatic carbocycles. The van der Waals surface area contributed by atoms with Gasteiger partial charge in [0.05, 0.1) is 13.0 Å². The predicted octanol–water partition coefficient (Wildman–Crippen LogP) is -2.80. The average Bonchev–Trinajstić information content (AvgIpc) is 3.77. The van der Waals surface area contributed by atoms with E-state index in [2.05, 4.69) is 37.2 Å². The number of phenolic OH excluding ortho intramolecular Hbond substituents is 1. The molecule has 68 heavy (non-hydrogen) atoms. The third kappa shape index (κ3) is 18.3. The van der Waals surface area contributed by atoms with Crippen molar-refractivity contribution in [1.29, 1.82) is 0 Å². The van der Waals surface area contributed by atoms with Crippen molar-refractivity contribution in [3.8, 4) is 5.75 Å². The molecule has 376 valence electrons. The summed E-state index contributed by atoms with van der Waals surface area (Å²) in [4.78, 5) is 148. The molecule has 0 saturated carbocycles. The fraction of sp³-hybridized carbons (Fsp3) is 0.614. The Morgan fingerprint density at radius 2 is 1.44 bits per heavy atom. The quantitative estimate of drug-likeness (QED) is 0.0753. The fourth-order valence-corrected chi connectivity index (χ4v) is 8.50. The molecule has 14 N–H and O–H groups in total. The van der Waals surface area contributed by atoms with E-state index in [9.17, 15) is 57.8 Å². The molecule has 8 atom stereocenters. The van der Waals surface area contributed by atoms with Crippen molar-refractivity contribution in [2.24, 2.45) is 29.0 Å². The number of likely N-dealkylation sites (tertiary alicyclic amines) is 1. The first kappa shape index (κ1) is 55.9. The van der Waals surface area contributed by atoms with Gasteiger partial charge in [-0.3, -0.25) is 52.7 Å². The van der Waals surface area contributed by atoms with Crippen LogP contribution in [0.4, 0.5) is 0 Å². The largest absolute Gasteiger partial charge is 0.508 e. The number of carbonyl (C=O) groups is 11. The summed E-state index contributed by atoms with van der Waals surface area (Å²) in [6, 6.07) is -3.35. The van der Waals surface area contributed by atoms with Crippen molar-refractivity contribution in [3.05, 3.63) is 29.8 Å².